The van der Waals surface area contributed by atoms with Gasteiger partial charge in [-0.3, -0.25) is 0 Å². The number of aromatic nitrogens is 3. The summed E-state index contributed by atoms with van der Waals surface area (Å²) in [6, 6.07) is -0.0675. The summed E-state index contributed by atoms with van der Waals surface area (Å²) in [6.45, 7) is 1.60. The highest BCUT2D eigenvalue weighted by molar-refractivity contribution is 5.74. The molecule has 0 bridgehead atoms. The first-order valence-electron chi connectivity index (χ1n) is 8.23. The second-order valence-corrected chi connectivity index (χ2v) is 7.20. The topological polar surface area (TPSA) is 94.1 Å². The maximum absolute atomic E-state index is 12.4. The Morgan fingerprint density at radius 2 is 2.32 bits per heavy atom. The third kappa shape index (κ3) is 2.27. The molecule has 0 radical (unpaired) electrons. The molecule has 4 rings (SSSR count). The van der Waals surface area contributed by atoms with Crippen molar-refractivity contribution in [3.8, 4) is 0 Å². The summed E-state index contributed by atoms with van der Waals surface area (Å²) < 4.78 is 0. The molecule has 2 saturated carbocycles. The van der Waals surface area contributed by atoms with E-state index in [0.717, 1.165) is 6.54 Å². The minimum atomic E-state index is -1.07. The van der Waals surface area contributed by atoms with Gasteiger partial charge in [0, 0.05) is 19.5 Å². The van der Waals surface area contributed by atoms with Crippen molar-refractivity contribution in [3.05, 3.63) is 11.9 Å². The van der Waals surface area contributed by atoms with Crippen molar-refractivity contribution >= 4 is 6.03 Å². The second kappa shape index (κ2) is 4.94. The Balaban J connectivity index is 1.32. The van der Waals surface area contributed by atoms with Gasteiger partial charge in [0.1, 0.15) is 11.3 Å². The molecule has 3 N–H and O–H groups in total. The zero-order valence-electron chi connectivity index (χ0n) is 12.7. The van der Waals surface area contributed by atoms with Gasteiger partial charge in [0.05, 0.1) is 12.7 Å². The fourth-order valence-corrected chi connectivity index (χ4v) is 4.27. The minimum absolute atomic E-state index is 0.0675. The molecule has 2 unspecified atom stereocenters. The smallest absolute Gasteiger partial charge is 0.317 e. The van der Waals surface area contributed by atoms with Crippen molar-refractivity contribution in [2.45, 2.75) is 44.1 Å². The van der Waals surface area contributed by atoms with Crippen LogP contribution in [0.1, 0.15) is 44.2 Å². The molecule has 2 heterocycles. The molecule has 7 heteroatoms. The Labute approximate surface area is 129 Å². The predicted octanol–water partition coefficient (Wildman–Crippen LogP) is 0.988. The van der Waals surface area contributed by atoms with Gasteiger partial charge in [0.2, 0.25) is 0 Å². The first-order valence-corrected chi connectivity index (χ1v) is 8.23. The number of hydrogen-bond acceptors (Lipinski definition) is 4. The number of β-amino-alcohol motifs (C(OH)–C–C–N with tert-alkyl or cyclic N) is 1. The van der Waals surface area contributed by atoms with E-state index in [1.165, 1.54) is 38.3 Å². The van der Waals surface area contributed by atoms with E-state index in [9.17, 15) is 9.90 Å². The Hall–Kier alpha value is -1.63. The van der Waals surface area contributed by atoms with Crippen molar-refractivity contribution in [1.82, 2.24) is 25.6 Å². The lowest BCUT2D eigenvalue weighted by atomic mass is 9.93. The average molecular weight is 305 g/mol. The number of nitrogens with one attached hydrogen (secondary N) is 2. The molecule has 2 amide bonds. The zero-order valence-corrected chi connectivity index (χ0v) is 12.7. The van der Waals surface area contributed by atoms with E-state index in [-0.39, 0.29) is 12.6 Å². The monoisotopic (exact) mass is 305 g/mol. The second-order valence-electron chi connectivity index (χ2n) is 7.20. The first-order chi connectivity index (χ1) is 10.6. The summed E-state index contributed by atoms with van der Waals surface area (Å²) >= 11 is 0. The largest absolute Gasteiger partial charge is 0.381 e. The molecule has 1 spiro atoms. The van der Waals surface area contributed by atoms with Gasteiger partial charge in [0.25, 0.3) is 0 Å². The molecule has 1 aliphatic heterocycles. The zero-order chi connectivity index (χ0) is 15.2. The van der Waals surface area contributed by atoms with Gasteiger partial charge in [-0.05, 0) is 37.0 Å². The molecular formula is C15H23N5O2. The molecule has 2 atom stereocenters. The lowest BCUT2D eigenvalue weighted by molar-refractivity contribution is 0.0448. The standard InChI is InChI=1S/C15H23N5O2/c21-13(16-8-11-2-1-3-14(11)4-5-14)20-7-6-15(22,10-20)12-9-17-19-18-12/h9,11,22H,1-8,10H2,(H,16,21)(H,17,18,19). The Kier molecular flexibility index (Phi) is 3.14. The molecule has 22 heavy (non-hydrogen) atoms. The van der Waals surface area contributed by atoms with Crippen LogP contribution in [0.5, 0.6) is 0 Å². The normalized spacial score (nSPS) is 32.6. The van der Waals surface area contributed by atoms with Gasteiger partial charge in [-0.25, -0.2) is 4.79 Å². The fourth-order valence-electron chi connectivity index (χ4n) is 4.27. The molecule has 2 aliphatic carbocycles. The van der Waals surface area contributed by atoms with Crippen LogP contribution in [0.15, 0.2) is 6.20 Å². The molecule has 0 aromatic carbocycles. The molecule has 1 aromatic heterocycles. The van der Waals surface area contributed by atoms with Crippen molar-refractivity contribution < 1.29 is 9.90 Å². The lowest BCUT2D eigenvalue weighted by Gasteiger charge is -2.23. The molecule has 3 aliphatic rings. The summed E-state index contributed by atoms with van der Waals surface area (Å²) in [5.74, 6) is 0.647. The van der Waals surface area contributed by atoms with Gasteiger partial charge in [0.15, 0.2) is 0 Å². The molecule has 120 valence electrons. The van der Waals surface area contributed by atoms with Crippen molar-refractivity contribution in [2.24, 2.45) is 11.3 Å². The summed E-state index contributed by atoms with van der Waals surface area (Å²) in [6.07, 6.45) is 8.58. The third-order valence-corrected chi connectivity index (χ3v) is 5.91. The van der Waals surface area contributed by atoms with Gasteiger partial charge in [-0.15, -0.1) is 0 Å². The quantitative estimate of drug-likeness (QED) is 0.776. The Morgan fingerprint density at radius 1 is 1.45 bits per heavy atom. The van der Waals surface area contributed by atoms with Crippen LogP contribution in [0.4, 0.5) is 4.79 Å². The van der Waals surface area contributed by atoms with E-state index in [4.69, 9.17) is 0 Å². The minimum Gasteiger partial charge on any atom is -0.381 e. The van der Waals surface area contributed by atoms with Crippen molar-refractivity contribution in [1.29, 1.82) is 0 Å². The van der Waals surface area contributed by atoms with E-state index in [2.05, 4.69) is 20.7 Å². The van der Waals surface area contributed by atoms with E-state index < -0.39 is 5.60 Å². The molecule has 7 nitrogen and oxygen atoms in total. The first kappa shape index (κ1) is 14.0. The summed E-state index contributed by atoms with van der Waals surface area (Å²) in [5, 5.41) is 23.9. The van der Waals surface area contributed by atoms with E-state index in [0.29, 0.717) is 30.0 Å². The van der Waals surface area contributed by atoms with Crippen LogP contribution in [0, 0.1) is 11.3 Å². The number of aromatic amines is 1. The number of H-pyrrole nitrogens is 1. The highest BCUT2D eigenvalue weighted by atomic mass is 16.3. The van der Waals surface area contributed by atoms with Crippen LogP contribution in [0.25, 0.3) is 0 Å². The van der Waals surface area contributed by atoms with Gasteiger partial charge >= 0.3 is 6.03 Å². The Bertz CT molecular complexity index is 556. The maximum Gasteiger partial charge on any atom is 0.317 e. The summed E-state index contributed by atoms with van der Waals surface area (Å²) in [5.41, 5.74) is -0.00895. The van der Waals surface area contributed by atoms with Crippen LogP contribution in [-0.2, 0) is 5.60 Å². The van der Waals surface area contributed by atoms with Crippen LogP contribution in [-0.4, -0.2) is 51.1 Å². The maximum atomic E-state index is 12.4. The van der Waals surface area contributed by atoms with Gasteiger partial charge < -0.3 is 15.3 Å². The molecule has 3 fully saturated rings. The number of hydrogen-bond donors (Lipinski definition) is 3. The highest BCUT2D eigenvalue weighted by Crippen LogP contribution is 2.61. The van der Waals surface area contributed by atoms with Crippen molar-refractivity contribution in [3.63, 3.8) is 0 Å². The number of aliphatic hydroxyl groups is 1. The third-order valence-electron chi connectivity index (χ3n) is 5.91. The van der Waals surface area contributed by atoms with E-state index in [1.54, 1.807) is 4.90 Å². The summed E-state index contributed by atoms with van der Waals surface area (Å²) in [4.78, 5) is 14.0. The van der Waals surface area contributed by atoms with Crippen LogP contribution >= 0.6 is 0 Å². The SMILES string of the molecule is O=C(NCC1CCCC12CC2)N1CCC(O)(c2cn[nH]n2)C1. The number of nitrogens with zero attached hydrogens (tertiary/aromatic N) is 3. The molecular weight excluding hydrogens is 282 g/mol. The van der Waals surface area contributed by atoms with Gasteiger partial charge in [-0.1, -0.05) is 6.42 Å². The average Bonchev–Trinajstić information content (AvgIpc) is 2.91. The number of urea groups is 1. The Morgan fingerprint density at radius 3 is 3.05 bits per heavy atom. The van der Waals surface area contributed by atoms with Crippen LogP contribution < -0.4 is 5.32 Å². The van der Waals surface area contributed by atoms with Gasteiger partial charge in [-0.2, -0.15) is 15.4 Å². The van der Waals surface area contributed by atoms with Crippen LogP contribution in [0.3, 0.4) is 0 Å². The lowest BCUT2D eigenvalue weighted by Crippen LogP contribution is -2.43. The number of amides is 2. The van der Waals surface area contributed by atoms with Crippen LogP contribution in [0.2, 0.25) is 0 Å². The number of carbonyl (C=O) groups is 1. The fraction of sp³-hybridized carbons (Fsp3) is 0.800. The molecule has 1 saturated heterocycles. The predicted molar refractivity (Wildman–Crippen MR) is 78.9 cm³/mol. The summed E-state index contributed by atoms with van der Waals surface area (Å²) in [7, 11) is 0. The highest BCUT2D eigenvalue weighted by Gasteiger charge is 2.51. The van der Waals surface area contributed by atoms with Crippen molar-refractivity contribution in [2.75, 3.05) is 19.6 Å². The number of carbonyl (C=O) groups excluding carboxylic acids is 1. The van der Waals surface area contributed by atoms with E-state index >= 15 is 0 Å². The number of likely N-dealkylation sites (tertiary alicyclic amines) is 1. The van der Waals surface area contributed by atoms with E-state index in [1.807, 2.05) is 0 Å². The molecule has 1 aromatic rings. The number of rotatable bonds is 3.